The molecule has 1 aliphatic carbocycles. The van der Waals surface area contributed by atoms with Crippen LogP contribution in [0.4, 0.5) is 5.82 Å². The Balaban J connectivity index is 1.94. The smallest absolute Gasteiger partial charge is 0.250 e. The molecule has 2 rings (SSSR count). The summed E-state index contributed by atoms with van der Waals surface area (Å²) < 4.78 is 0. The van der Waals surface area contributed by atoms with Gasteiger partial charge in [0.15, 0.2) is 0 Å². The van der Waals surface area contributed by atoms with Crippen LogP contribution in [-0.2, 0) is 0 Å². The Morgan fingerprint density at radius 3 is 2.86 bits per heavy atom. The zero-order chi connectivity index (χ0) is 9.97. The zero-order valence-electron chi connectivity index (χ0n) is 7.86. The second-order valence-corrected chi connectivity index (χ2v) is 3.62. The number of anilines is 1. The molecule has 1 saturated carbocycles. The molecule has 3 N–H and O–H groups in total. The van der Waals surface area contributed by atoms with Crippen LogP contribution in [0.2, 0.25) is 0 Å². The van der Waals surface area contributed by atoms with Gasteiger partial charge in [-0.05, 0) is 30.9 Å². The molecule has 0 saturated heterocycles. The highest BCUT2D eigenvalue weighted by atomic mass is 16.1. The van der Waals surface area contributed by atoms with Crippen molar-refractivity contribution in [3.05, 3.63) is 23.9 Å². The molecule has 1 heterocycles. The third-order valence-corrected chi connectivity index (χ3v) is 2.32. The lowest BCUT2D eigenvalue weighted by Crippen LogP contribution is -2.12. The van der Waals surface area contributed by atoms with Gasteiger partial charge in [-0.2, -0.15) is 0 Å². The lowest BCUT2D eigenvalue weighted by molar-refractivity contribution is 0.1000. The number of carbonyl (C=O) groups excluding carboxylic acids is 1. The Morgan fingerprint density at radius 2 is 2.36 bits per heavy atom. The molecule has 0 aromatic carbocycles. The lowest BCUT2D eigenvalue weighted by atomic mass is 10.3. The van der Waals surface area contributed by atoms with Gasteiger partial charge < -0.3 is 11.1 Å². The van der Waals surface area contributed by atoms with E-state index in [2.05, 4.69) is 10.3 Å². The standard InChI is InChI=1S/C10H13N3O/c11-10(14)8-3-4-9(13-6-8)12-5-7-1-2-7/h3-4,6-7H,1-2,5H2,(H2,11,14)(H,12,13). The van der Waals surface area contributed by atoms with E-state index in [0.29, 0.717) is 5.56 Å². The van der Waals surface area contributed by atoms with Gasteiger partial charge in [-0.25, -0.2) is 4.98 Å². The van der Waals surface area contributed by atoms with Crippen molar-refractivity contribution in [3.8, 4) is 0 Å². The van der Waals surface area contributed by atoms with Crippen LogP contribution in [-0.4, -0.2) is 17.4 Å². The maximum Gasteiger partial charge on any atom is 0.250 e. The fraction of sp³-hybridized carbons (Fsp3) is 0.400. The first-order valence-electron chi connectivity index (χ1n) is 4.75. The van der Waals surface area contributed by atoms with E-state index < -0.39 is 5.91 Å². The lowest BCUT2D eigenvalue weighted by Gasteiger charge is -2.03. The normalized spacial score (nSPS) is 15.1. The van der Waals surface area contributed by atoms with Crippen LogP contribution < -0.4 is 11.1 Å². The fourth-order valence-electron chi connectivity index (χ4n) is 1.22. The molecule has 0 radical (unpaired) electrons. The van der Waals surface area contributed by atoms with Crippen molar-refractivity contribution >= 4 is 11.7 Å². The van der Waals surface area contributed by atoms with Crippen molar-refractivity contribution in [2.75, 3.05) is 11.9 Å². The predicted octanol–water partition coefficient (Wildman–Crippen LogP) is 1.00. The molecule has 4 nitrogen and oxygen atoms in total. The second-order valence-electron chi connectivity index (χ2n) is 3.62. The van der Waals surface area contributed by atoms with Gasteiger partial charge in [0.25, 0.3) is 0 Å². The van der Waals surface area contributed by atoms with Crippen molar-refractivity contribution < 1.29 is 4.79 Å². The molecule has 0 bridgehead atoms. The zero-order valence-corrected chi connectivity index (χ0v) is 7.86. The van der Waals surface area contributed by atoms with Gasteiger partial charge in [-0.15, -0.1) is 0 Å². The first-order chi connectivity index (χ1) is 6.75. The van der Waals surface area contributed by atoms with Gasteiger partial charge in [-0.1, -0.05) is 0 Å². The van der Waals surface area contributed by atoms with E-state index in [1.807, 2.05) is 0 Å². The van der Waals surface area contributed by atoms with E-state index in [1.54, 1.807) is 12.1 Å². The average Bonchev–Trinajstić information content (AvgIpc) is 2.99. The number of amides is 1. The largest absolute Gasteiger partial charge is 0.370 e. The maximum absolute atomic E-state index is 10.8. The highest BCUT2D eigenvalue weighted by molar-refractivity contribution is 5.92. The van der Waals surface area contributed by atoms with Crippen molar-refractivity contribution in [2.45, 2.75) is 12.8 Å². The molecule has 1 aromatic rings. The first-order valence-corrected chi connectivity index (χ1v) is 4.75. The molecule has 1 fully saturated rings. The summed E-state index contributed by atoms with van der Waals surface area (Å²) in [6, 6.07) is 3.47. The van der Waals surface area contributed by atoms with Crippen LogP contribution in [0.15, 0.2) is 18.3 Å². The van der Waals surface area contributed by atoms with Crippen LogP contribution >= 0.6 is 0 Å². The van der Waals surface area contributed by atoms with Gasteiger partial charge in [0, 0.05) is 12.7 Å². The van der Waals surface area contributed by atoms with E-state index >= 15 is 0 Å². The summed E-state index contributed by atoms with van der Waals surface area (Å²) in [5, 5.41) is 3.21. The Labute approximate surface area is 82.5 Å². The molecule has 4 heteroatoms. The second kappa shape index (κ2) is 3.65. The summed E-state index contributed by atoms with van der Waals surface area (Å²) in [4.78, 5) is 14.8. The van der Waals surface area contributed by atoms with Crippen LogP contribution in [0.1, 0.15) is 23.2 Å². The van der Waals surface area contributed by atoms with Crippen molar-refractivity contribution in [1.82, 2.24) is 4.98 Å². The van der Waals surface area contributed by atoms with E-state index in [0.717, 1.165) is 18.3 Å². The highest BCUT2D eigenvalue weighted by Gasteiger charge is 2.20. The number of primary amides is 1. The van der Waals surface area contributed by atoms with Gasteiger partial charge in [0.05, 0.1) is 5.56 Å². The number of carbonyl (C=O) groups is 1. The third-order valence-electron chi connectivity index (χ3n) is 2.32. The van der Waals surface area contributed by atoms with Crippen molar-refractivity contribution in [1.29, 1.82) is 0 Å². The number of nitrogens with two attached hydrogens (primary N) is 1. The molecule has 74 valence electrons. The van der Waals surface area contributed by atoms with Crippen LogP contribution in [0.25, 0.3) is 0 Å². The van der Waals surface area contributed by atoms with Gasteiger partial charge in [-0.3, -0.25) is 4.79 Å². The summed E-state index contributed by atoms with van der Waals surface area (Å²) in [6.45, 7) is 0.975. The Kier molecular flexibility index (Phi) is 2.35. The molecule has 1 amide bonds. The van der Waals surface area contributed by atoms with Crippen LogP contribution in [0.3, 0.4) is 0 Å². The summed E-state index contributed by atoms with van der Waals surface area (Å²) in [5.74, 6) is 1.18. The molecular formula is C10H13N3O. The van der Waals surface area contributed by atoms with Gasteiger partial charge in [0.2, 0.25) is 5.91 Å². The van der Waals surface area contributed by atoms with Gasteiger partial charge in [0.1, 0.15) is 5.82 Å². The number of nitrogens with zero attached hydrogens (tertiary/aromatic N) is 1. The summed E-state index contributed by atoms with van der Waals surface area (Å²) in [5.41, 5.74) is 5.54. The summed E-state index contributed by atoms with van der Waals surface area (Å²) in [7, 11) is 0. The number of rotatable bonds is 4. The van der Waals surface area contributed by atoms with E-state index in [9.17, 15) is 4.79 Å². The summed E-state index contributed by atoms with van der Waals surface area (Å²) in [6.07, 6.45) is 4.12. The van der Waals surface area contributed by atoms with E-state index in [4.69, 9.17) is 5.73 Å². The Morgan fingerprint density at radius 1 is 1.57 bits per heavy atom. The molecule has 0 unspecified atom stereocenters. The Bertz CT molecular complexity index is 330. The molecule has 0 spiro atoms. The number of nitrogens with one attached hydrogen (secondary N) is 1. The van der Waals surface area contributed by atoms with Crippen molar-refractivity contribution in [3.63, 3.8) is 0 Å². The first kappa shape index (κ1) is 8.99. The minimum absolute atomic E-state index is 0.439. The minimum atomic E-state index is -0.439. The molecule has 0 atom stereocenters. The number of hydrogen-bond acceptors (Lipinski definition) is 3. The molecular weight excluding hydrogens is 178 g/mol. The topological polar surface area (TPSA) is 68.0 Å². The number of aromatic nitrogens is 1. The van der Waals surface area contributed by atoms with E-state index in [1.165, 1.54) is 19.0 Å². The number of pyridine rings is 1. The average molecular weight is 191 g/mol. The van der Waals surface area contributed by atoms with E-state index in [-0.39, 0.29) is 0 Å². The van der Waals surface area contributed by atoms with Crippen LogP contribution in [0, 0.1) is 5.92 Å². The molecule has 1 aliphatic rings. The van der Waals surface area contributed by atoms with Crippen LogP contribution in [0.5, 0.6) is 0 Å². The molecule has 14 heavy (non-hydrogen) atoms. The van der Waals surface area contributed by atoms with Crippen molar-refractivity contribution in [2.24, 2.45) is 11.7 Å². The third kappa shape index (κ3) is 2.22. The quantitative estimate of drug-likeness (QED) is 0.746. The summed E-state index contributed by atoms with van der Waals surface area (Å²) >= 11 is 0. The Hall–Kier alpha value is -1.58. The maximum atomic E-state index is 10.8. The van der Waals surface area contributed by atoms with Gasteiger partial charge >= 0.3 is 0 Å². The fourth-order valence-corrected chi connectivity index (χ4v) is 1.22. The highest BCUT2D eigenvalue weighted by Crippen LogP contribution is 2.28. The predicted molar refractivity (Wildman–Crippen MR) is 54.0 cm³/mol. The monoisotopic (exact) mass is 191 g/mol. The number of hydrogen-bond donors (Lipinski definition) is 2. The molecule has 0 aliphatic heterocycles. The SMILES string of the molecule is NC(=O)c1ccc(NCC2CC2)nc1. The minimum Gasteiger partial charge on any atom is -0.370 e. The molecule has 1 aromatic heterocycles.